The van der Waals surface area contributed by atoms with E-state index in [2.05, 4.69) is 20.5 Å². The molecule has 4 N–H and O–H groups in total. The van der Waals surface area contributed by atoms with Gasteiger partial charge >= 0.3 is 0 Å². The van der Waals surface area contributed by atoms with Crippen molar-refractivity contribution in [1.29, 1.82) is 0 Å². The number of hydrogen-bond acceptors (Lipinski definition) is 10. The molecule has 0 fully saturated rings. The Morgan fingerprint density at radius 3 is 1.89 bits per heavy atom. The second-order valence-electron chi connectivity index (χ2n) is 7.34. The fourth-order valence-corrected chi connectivity index (χ4v) is 4.17. The number of phenolic OH excluding ortho intramolecular Hbond substituents is 2. The molecule has 37 heavy (non-hydrogen) atoms. The van der Waals surface area contributed by atoms with Crippen LogP contribution in [0.3, 0.4) is 0 Å². The van der Waals surface area contributed by atoms with Gasteiger partial charge in [-0.15, -0.1) is 10.2 Å². The number of aromatic hydroxyl groups is 2. The number of nitrogens with zero attached hydrogens (tertiary/aromatic N) is 4. The van der Waals surface area contributed by atoms with Crippen molar-refractivity contribution in [2.75, 3.05) is 0 Å². The SMILES string of the molecule is O=S(=O)(O)c1cccc(N=Nc2ccc(N=Nc3c(O)ccc4cc(S(=O)(=O)O)ccc34)c(O)c2)c1.[Cu]. The van der Waals surface area contributed by atoms with Gasteiger partial charge in [0, 0.05) is 28.5 Å². The van der Waals surface area contributed by atoms with Gasteiger partial charge in [0.15, 0.2) is 0 Å². The number of azo groups is 2. The molecule has 4 aromatic rings. The third kappa shape index (κ3) is 6.54. The van der Waals surface area contributed by atoms with E-state index in [4.69, 9.17) is 4.55 Å². The van der Waals surface area contributed by atoms with Crippen molar-refractivity contribution in [3.8, 4) is 11.5 Å². The van der Waals surface area contributed by atoms with Crippen molar-refractivity contribution in [2.45, 2.75) is 9.79 Å². The Morgan fingerprint density at radius 1 is 0.595 bits per heavy atom. The van der Waals surface area contributed by atoms with E-state index in [0.717, 1.165) is 12.1 Å². The summed E-state index contributed by atoms with van der Waals surface area (Å²) >= 11 is 0. The summed E-state index contributed by atoms with van der Waals surface area (Å²) in [6.45, 7) is 0. The molecule has 1 radical (unpaired) electrons. The predicted octanol–water partition coefficient (Wildman–Crippen LogP) is 5.57. The standard InChI is InChI=1S/C22H16N4O8S2.Cu/c27-20-9-4-13-10-17(36(32,33)34)6-7-18(13)22(20)26-25-19-8-5-15(12-21(19)28)24-23-14-2-1-3-16(11-14)35(29,30)31;/h1-12,27-28H,(H,29,30,31)(H,32,33,34);. The Morgan fingerprint density at radius 2 is 1.24 bits per heavy atom. The number of rotatable bonds is 6. The van der Waals surface area contributed by atoms with E-state index in [0.29, 0.717) is 10.8 Å². The van der Waals surface area contributed by atoms with Crippen LogP contribution in [-0.4, -0.2) is 36.2 Å². The summed E-state index contributed by atoms with van der Waals surface area (Å²) in [5.41, 5.74) is 0.385. The Hall–Kier alpha value is -3.72. The van der Waals surface area contributed by atoms with E-state index in [9.17, 15) is 31.6 Å². The van der Waals surface area contributed by atoms with Gasteiger partial charge in [-0.25, -0.2) is 0 Å². The molecule has 0 aliphatic heterocycles. The smallest absolute Gasteiger partial charge is 0.294 e. The van der Waals surface area contributed by atoms with Gasteiger partial charge < -0.3 is 10.2 Å². The van der Waals surface area contributed by atoms with Crippen molar-refractivity contribution in [2.24, 2.45) is 20.5 Å². The van der Waals surface area contributed by atoms with Crippen LogP contribution in [-0.2, 0) is 37.3 Å². The van der Waals surface area contributed by atoms with Crippen molar-refractivity contribution in [3.63, 3.8) is 0 Å². The van der Waals surface area contributed by atoms with Gasteiger partial charge in [-0.05, 0) is 53.9 Å². The molecule has 0 saturated carbocycles. The van der Waals surface area contributed by atoms with E-state index in [-0.39, 0.29) is 61.1 Å². The largest absolute Gasteiger partial charge is 0.506 e. The molecule has 0 bridgehead atoms. The summed E-state index contributed by atoms with van der Waals surface area (Å²) in [6, 6.07) is 15.7. The average molecular weight is 592 g/mol. The molecule has 0 aliphatic carbocycles. The van der Waals surface area contributed by atoms with Gasteiger partial charge in [-0.1, -0.05) is 18.2 Å². The fourth-order valence-electron chi connectivity index (χ4n) is 3.13. The van der Waals surface area contributed by atoms with Crippen LogP contribution in [0.4, 0.5) is 22.7 Å². The molecule has 15 heteroatoms. The first-order chi connectivity index (χ1) is 16.9. The van der Waals surface area contributed by atoms with Gasteiger partial charge in [0.2, 0.25) is 0 Å². The third-order valence-electron chi connectivity index (χ3n) is 4.85. The topological polar surface area (TPSA) is 199 Å². The Bertz CT molecular complexity index is 1780. The zero-order valence-corrected chi connectivity index (χ0v) is 20.8. The Kier molecular flexibility index (Phi) is 8.07. The van der Waals surface area contributed by atoms with Crippen molar-refractivity contribution >= 4 is 53.8 Å². The van der Waals surface area contributed by atoms with Gasteiger partial charge in [-0.3, -0.25) is 9.11 Å². The monoisotopic (exact) mass is 591 g/mol. The van der Waals surface area contributed by atoms with Crippen LogP contribution in [0.2, 0.25) is 0 Å². The first-order valence-electron chi connectivity index (χ1n) is 9.89. The minimum atomic E-state index is -4.42. The third-order valence-corrected chi connectivity index (χ3v) is 6.55. The van der Waals surface area contributed by atoms with Crippen LogP contribution in [0, 0.1) is 0 Å². The summed E-state index contributed by atoms with van der Waals surface area (Å²) in [5.74, 6) is -0.571. The molecule has 0 atom stereocenters. The first kappa shape index (κ1) is 27.9. The molecule has 0 amide bonds. The maximum atomic E-state index is 11.4. The molecule has 0 aliphatic rings. The second-order valence-corrected chi connectivity index (χ2v) is 10.2. The van der Waals surface area contributed by atoms with E-state index in [1.807, 2.05) is 0 Å². The van der Waals surface area contributed by atoms with Crippen LogP contribution in [0.5, 0.6) is 11.5 Å². The maximum absolute atomic E-state index is 11.4. The number of hydrogen-bond donors (Lipinski definition) is 4. The summed E-state index contributed by atoms with van der Waals surface area (Å²) in [4.78, 5) is -0.667. The van der Waals surface area contributed by atoms with Crippen molar-refractivity contribution in [3.05, 3.63) is 72.8 Å². The van der Waals surface area contributed by atoms with E-state index in [1.54, 1.807) is 0 Å². The van der Waals surface area contributed by atoms with Crippen LogP contribution < -0.4 is 0 Å². The molecule has 195 valence electrons. The van der Waals surface area contributed by atoms with Gasteiger partial charge in [0.25, 0.3) is 20.2 Å². The summed E-state index contributed by atoms with van der Waals surface area (Å²) in [7, 11) is -8.81. The van der Waals surface area contributed by atoms with Gasteiger partial charge in [-0.2, -0.15) is 27.1 Å². The Balaban J connectivity index is 0.00000380. The fraction of sp³-hybridized carbons (Fsp3) is 0. The average Bonchev–Trinajstić information content (AvgIpc) is 2.82. The minimum Gasteiger partial charge on any atom is -0.506 e. The molecule has 0 unspecified atom stereocenters. The normalized spacial score (nSPS) is 12.3. The van der Waals surface area contributed by atoms with Crippen LogP contribution in [0.25, 0.3) is 10.8 Å². The molecule has 0 spiro atoms. The summed E-state index contributed by atoms with van der Waals surface area (Å²) in [5, 5.41) is 36.9. The zero-order valence-electron chi connectivity index (χ0n) is 18.3. The predicted molar refractivity (Wildman–Crippen MR) is 128 cm³/mol. The number of benzene rings is 4. The van der Waals surface area contributed by atoms with E-state index >= 15 is 0 Å². The number of phenols is 2. The zero-order chi connectivity index (χ0) is 26.1. The van der Waals surface area contributed by atoms with Crippen molar-refractivity contribution in [1.82, 2.24) is 0 Å². The van der Waals surface area contributed by atoms with E-state index < -0.39 is 20.2 Å². The molecular weight excluding hydrogens is 576 g/mol. The molecule has 12 nitrogen and oxygen atoms in total. The molecule has 0 aromatic heterocycles. The van der Waals surface area contributed by atoms with Crippen LogP contribution >= 0.6 is 0 Å². The van der Waals surface area contributed by atoms with E-state index in [1.165, 1.54) is 60.7 Å². The first-order valence-corrected chi connectivity index (χ1v) is 12.8. The molecule has 0 saturated heterocycles. The van der Waals surface area contributed by atoms with Gasteiger partial charge in [0.05, 0.1) is 21.2 Å². The minimum absolute atomic E-state index is 0. The van der Waals surface area contributed by atoms with Crippen molar-refractivity contribution < 1.29 is 53.2 Å². The molecular formula is C22H16CuN4O8S2. The molecule has 4 rings (SSSR count). The Labute approximate surface area is 221 Å². The molecule has 0 heterocycles. The van der Waals surface area contributed by atoms with Crippen LogP contribution in [0.1, 0.15) is 0 Å². The second kappa shape index (κ2) is 10.7. The van der Waals surface area contributed by atoms with Gasteiger partial charge in [0.1, 0.15) is 22.9 Å². The quantitative estimate of drug-likeness (QED) is 0.126. The van der Waals surface area contributed by atoms with Crippen LogP contribution in [0.15, 0.2) is 103 Å². The number of fused-ring (bicyclic) bond motifs is 1. The summed E-state index contributed by atoms with van der Waals surface area (Å²) < 4.78 is 63.6. The molecule has 4 aromatic carbocycles. The maximum Gasteiger partial charge on any atom is 0.294 e. The summed E-state index contributed by atoms with van der Waals surface area (Å²) in [6.07, 6.45) is 0.